The number of amides is 2. The van der Waals surface area contributed by atoms with E-state index >= 15 is 0 Å². The van der Waals surface area contributed by atoms with E-state index in [1.54, 1.807) is 12.2 Å². The first kappa shape index (κ1) is 14.3. The molecule has 2 aromatic rings. The Labute approximate surface area is 129 Å². The number of aryl methyl sites for hydroxylation is 1. The van der Waals surface area contributed by atoms with Crippen LogP contribution in [-0.4, -0.2) is 28.2 Å². The number of hydrogen-bond donors (Lipinski definition) is 1. The van der Waals surface area contributed by atoms with Gasteiger partial charge in [-0.15, -0.1) is 11.3 Å². The molecule has 0 aliphatic carbocycles. The van der Waals surface area contributed by atoms with Gasteiger partial charge in [0.1, 0.15) is 5.92 Å². The van der Waals surface area contributed by atoms with Gasteiger partial charge in [-0.25, -0.2) is 4.99 Å². The Balaban J connectivity index is 1.62. The number of dihydropyridines is 1. The van der Waals surface area contributed by atoms with Gasteiger partial charge in [0.15, 0.2) is 5.82 Å². The van der Waals surface area contributed by atoms with Crippen LogP contribution in [0.15, 0.2) is 33.1 Å². The van der Waals surface area contributed by atoms with Crippen LogP contribution in [0, 0.1) is 6.92 Å². The summed E-state index contributed by atoms with van der Waals surface area (Å²) in [7, 11) is 0. The molecule has 3 rings (SSSR count). The summed E-state index contributed by atoms with van der Waals surface area (Å²) in [6, 6.07) is 1.81. The maximum atomic E-state index is 11.9. The van der Waals surface area contributed by atoms with Gasteiger partial charge in [-0.2, -0.15) is 4.98 Å². The van der Waals surface area contributed by atoms with Gasteiger partial charge in [0.2, 0.25) is 5.89 Å². The lowest BCUT2D eigenvalue weighted by Gasteiger charge is -2.04. The number of carbonyl (C=O) groups excluding carboxylic acids is 2. The Bertz CT molecular complexity index is 775. The topological polar surface area (TPSA) is 97.5 Å². The Morgan fingerprint density at radius 2 is 2.36 bits per heavy atom. The molecule has 0 spiro atoms. The van der Waals surface area contributed by atoms with E-state index in [9.17, 15) is 9.59 Å². The van der Waals surface area contributed by atoms with E-state index in [2.05, 4.69) is 20.4 Å². The number of nitrogens with zero attached hydrogens (tertiary/aromatic N) is 3. The SMILES string of the molecule is Cc1csc(C(=O)NCc2nc(C3C=CC=NC3=O)no2)c1. The molecule has 2 amide bonds. The molecule has 112 valence electrons. The van der Waals surface area contributed by atoms with Crippen LogP contribution < -0.4 is 5.32 Å². The van der Waals surface area contributed by atoms with Crippen molar-refractivity contribution in [3.63, 3.8) is 0 Å². The first-order chi connectivity index (χ1) is 10.6. The molecule has 0 saturated carbocycles. The standard InChI is InChI=1S/C14H12N4O3S/c1-8-5-10(22-7-8)14(20)16-6-11-17-12(18-21-11)9-3-2-4-15-13(9)19/h2-5,7,9H,6H2,1H3,(H,16,20). The average molecular weight is 316 g/mol. The molecule has 1 aliphatic rings. The summed E-state index contributed by atoms with van der Waals surface area (Å²) < 4.78 is 5.05. The highest BCUT2D eigenvalue weighted by Crippen LogP contribution is 2.18. The summed E-state index contributed by atoms with van der Waals surface area (Å²) in [5, 5.41) is 8.37. The maximum Gasteiger partial charge on any atom is 0.261 e. The molecular weight excluding hydrogens is 304 g/mol. The highest BCUT2D eigenvalue weighted by molar-refractivity contribution is 7.12. The number of carbonyl (C=O) groups is 2. The molecule has 7 nitrogen and oxygen atoms in total. The number of allylic oxidation sites excluding steroid dienone is 1. The molecule has 0 saturated heterocycles. The van der Waals surface area contributed by atoms with Gasteiger partial charge in [0.05, 0.1) is 11.4 Å². The molecule has 0 radical (unpaired) electrons. The summed E-state index contributed by atoms with van der Waals surface area (Å²) >= 11 is 1.37. The van der Waals surface area contributed by atoms with Crippen LogP contribution in [0.1, 0.15) is 32.9 Å². The van der Waals surface area contributed by atoms with E-state index in [4.69, 9.17) is 4.52 Å². The van der Waals surface area contributed by atoms with Gasteiger partial charge in [-0.1, -0.05) is 11.2 Å². The van der Waals surface area contributed by atoms with Crippen LogP contribution in [0.5, 0.6) is 0 Å². The summed E-state index contributed by atoms with van der Waals surface area (Å²) in [5.74, 6) is -0.677. The van der Waals surface area contributed by atoms with Crippen LogP contribution in [0.3, 0.4) is 0 Å². The van der Waals surface area contributed by atoms with Gasteiger partial charge in [-0.3, -0.25) is 9.59 Å². The van der Waals surface area contributed by atoms with Gasteiger partial charge >= 0.3 is 0 Å². The highest BCUT2D eigenvalue weighted by Gasteiger charge is 2.24. The third-order valence-corrected chi connectivity index (χ3v) is 4.02. The molecule has 3 heterocycles. The zero-order valence-corrected chi connectivity index (χ0v) is 12.5. The fraction of sp³-hybridized carbons (Fsp3) is 0.214. The minimum atomic E-state index is -0.627. The number of rotatable bonds is 4. The molecule has 8 heteroatoms. The lowest BCUT2D eigenvalue weighted by atomic mass is 10.1. The van der Waals surface area contributed by atoms with E-state index in [0.29, 0.717) is 4.88 Å². The van der Waals surface area contributed by atoms with Crippen molar-refractivity contribution >= 4 is 29.4 Å². The normalized spacial score (nSPS) is 17.0. The first-order valence-electron chi connectivity index (χ1n) is 6.54. The van der Waals surface area contributed by atoms with E-state index in [1.165, 1.54) is 17.6 Å². The summed E-state index contributed by atoms with van der Waals surface area (Å²) in [5.41, 5.74) is 1.04. The largest absolute Gasteiger partial charge is 0.342 e. The summed E-state index contributed by atoms with van der Waals surface area (Å²) in [6.07, 6.45) is 4.73. The van der Waals surface area contributed by atoms with Crippen molar-refractivity contribution in [3.8, 4) is 0 Å². The second-order valence-corrected chi connectivity index (χ2v) is 5.61. The maximum absolute atomic E-state index is 11.9. The average Bonchev–Trinajstić information content (AvgIpc) is 3.14. The lowest BCUT2D eigenvalue weighted by molar-refractivity contribution is -0.118. The van der Waals surface area contributed by atoms with E-state index < -0.39 is 5.92 Å². The van der Waals surface area contributed by atoms with Gasteiger partial charge < -0.3 is 9.84 Å². The van der Waals surface area contributed by atoms with Crippen LogP contribution >= 0.6 is 11.3 Å². The minimum absolute atomic E-state index is 0.108. The Kier molecular flexibility index (Phi) is 3.92. The van der Waals surface area contributed by atoms with E-state index in [-0.39, 0.29) is 30.1 Å². The number of aliphatic imine (C=N–C) groups is 1. The Hall–Kier alpha value is -2.61. The third kappa shape index (κ3) is 3.01. The summed E-state index contributed by atoms with van der Waals surface area (Å²) in [6.45, 7) is 2.03. The molecule has 0 aromatic carbocycles. The molecule has 22 heavy (non-hydrogen) atoms. The predicted molar refractivity (Wildman–Crippen MR) is 79.9 cm³/mol. The van der Waals surface area contributed by atoms with E-state index in [1.807, 2.05) is 18.4 Å². The van der Waals surface area contributed by atoms with Crippen molar-refractivity contribution in [3.05, 3.63) is 45.8 Å². The fourth-order valence-corrected chi connectivity index (χ4v) is 2.71. The molecule has 1 unspecified atom stereocenters. The van der Waals surface area contributed by atoms with Gasteiger partial charge in [-0.05, 0) is 30.0 Å². The number of thiophene rings is 1. The number of aromatic nitrogens is 2. The van der Waals surface area contributed by atoms with Crippen LogP contribution in [-0.2, 0) is 11.3 Å². The zero-order chi connectivity index (χ0) is 15.5. The molecule has 0 bridgehead atoms. The van der Waals surface area contributed by atoms with Gasteiger partial charge in [0.25, 0.3) is 11.8 Å². The summed E-state index contributed by atoms with van der Waals surface area (Å²) in [4.78, 5) is 31.9. The number of nitrogens with one attached hydrogen (secondary N) is 1. The minimum Gasteiger partial charge on any atom is -0.342 e. The van der Waals surface area contributed by atoms with Crippen molar-refractivity contribution in [1.29, 1.82) is 0 Å². The predicted octanol–water partition coefficient (Wildman–Crippen LogP) is 1.62. The second kappa shape index (κ2) is 6.02. The zero-order valence-electron chi connectivity index (χ0n) is 11.6. The lowest BCUT2D eigenvalue weighted by Crippen LogP contribution is -2.22. The Morgan fingerprint density at radius 1 is 1.50 bits per heavy atom. The van der Waals surface area contributed by atoms with Crippen LogP contribution in [0.2, 0.25) is 0 Å². The van der Waals surface area contributed by atoms with Gasteiger partial charge in [0, 0.05) is 6.21 Å². The molecule has 1 atom stereocenters. The van der Waals surface area contributed by atoms with E-state index in [0.717, 1.165) is 5.56 Å². The first-order valence-corrected chi connectivity index (χ1v) is 7.42. The third-order valence-electron chi connectivity index (χ3n) is 2.97. The fourth-order valence-electron chi connectivity index (χ4n) is 1.90. The van der Waals surface area contributed by atoms with Crippen LogP contribution in [0.4, 0.5) is 0 Å². The smallest absolute Gasteiger partial charge is 0.261 e. The molecule has 1 N–H and O–H groups in total. The Morgan fingerprint density at radius 3 is 3.09 bits per heavy atom. The second-order valence-electron chi connectivity index (χ2n) is 4.70. The number of hydrogen-bond acceptors (Lipinski definition) is 6. The molecule has 2 aromatic heterocycles. The van der Waals surface area contributed by atoms with Crippen molar-refractivity contribution in [2.24, 2.45) is 4.99 Å². The quantitative estimate of drug-likeness (QED) is 0.924. The van der Waals surface area contributed by atoms with Crippen molar-refractivity contribution in [1.82, 2.24) is 15.5 Å². The monoisotopic (exact) mass is 316 g/mol. The molecule has 0 fully saturated rings. The van der Waals surface area contributed by atoms with Crippen molar-refractivity contribution < 1.29 is 14.1 Å². The molecule has 1 aliphatic heterocycles. The van der Waals surface area contributed by atoms with Crippen LogP contribution in [0.25, 0.3) is 0 Å². The highest BCUT2D eigenvalue weighted by atomic mass is 32.1. The van der Waals surface area contributed by atoms with Crippen molar-refractivity contribution in [2.45, 2.75) is 19.4 Å². The van der Waals surface area contributed by atoms with Crippen molar-refractivity contribution in [2.75, 3.05) is 0 Å². The molecular formula is C14H12N4O3S.